The Morgan fingerprint density at radius 1 is 1.10 bits per heavy atom. The largest absolute Gasteiger partial charge is 0.469 e. The molecule has 5 heteroatoms. The van der Waals surface area contributed by atoms with Crippen LogP contribution < -0.4 is 0 Å². The highest BCUT2D eigenvalue weighted by molar-refractivity contribution is 5.79. The summed E-state index contributed by atoms with van der Waals surface area (Å²) >= 11 is 0. The lowest BCUT2D eigenvalue weighted by Gasteiger charge is -2.41. The maximum atomic E-state index is 12.6. The molecular weight excluding hydrogens is 268 g/mol. The van der Waals surface area contributed by atoms with E-state index in [2.05, 4.69) is 18.7 Å². The van der Waals surface area contributed by atoms with Gasteiger partial charge in [-0.1, -0.05) is 0 Å². The molecule has 0 aliphatic carbocycles. The van der Waals surface area contributed by atoms with Crippen molar-refractivity contribution in [3.8, 4) is 0 Å². The van der Waals surface area contributed by atoms with E-state index in [1.807, 2.05) is 4.90 Å². The highest BCUT2D eigenvalue weighted by Crippen LogP contribution is 2.23. The zero-order chi connectivity index (χ0) is 15.4. The Morgan fingerprint density at radius 2 is 1.76 bits per heavy atom. The number of hydrogen-bond donors (Lipinski definition) is 0. The molecular formula is C16H28N2O3. The van der Waals surface area contributed by atoms with Crippen LogP contribution in [0.3, 0.4) is 0 Å². The molecule has 0 radical (unpaired) electrons. The van der Waals surface area contributed by atoms with Gasteiger partial charge in [-0.3, -0.25) is 14.5 Å². The lowest BCUT2D eigenvalue weighted by Crippen LogP contribution is -2.52. The summed E-state index contributed by atoms with van der Waals surface area (Å²) in [6.07, 6.45) is 5.23. The molecule has 1 amide bonds. The molecule has 5 nitrogen and oxygen atoms in total. The van der Waals surface area contributed by atoms with Crippen molar-refractivity contribution >= 4 is 11.9 Å². The highest BCUT2D eigenvalue weighted by Gasteiger charge is 2.32. The lowest BCUT2D eigenvalue weighted by molar-refractivity contribution is -0.149. The Kier molecular flexibility index (Phi) is 5.62. The van der Waals surface area contributed by atoms with Crippen LogP contribution >= 0.6 is 0 Å². The molecule has 3 unspecified atom stereocenters. The molecule has 0 aromatic carbocycles. The summed E-state index contributed by atoms with van der Waals surface area (Å²) in [7, 11) is 1.43. The smallest absolute Gasteiger partial charge is 0.309 e. The van der Waals surface area contributed by atoms with Crippen molar-refractivity contribution in [2.75, 3.05) is 26.7 Å². The maximum Gasteiger partial charge on any atom is 0.309 e. The van der Waals surface area contributed by atoms with Crippen LogP contribution in [0.5, 0.6) is 0 Å². The summed E-state index contributed by atoms with van der Waals surface area (Å²) < 4.78 is 4.83. The number of esters is 1. The van der Waals surface area contributed by atoms with Crippen LogP contribution in [0.1, 0.15) is 46.0 Å². The normalized spacial score (nSPS) is 31.0. The van der Waals surface area contributed by atoms with Crippen molar-refractivity contribution in [2.24, 2.45) is 5.92 Å². The Balaban J connectivity index is 1.91. The number of methoxy groups -OCH3 is 1. The van der Waals surface area contributed by atoms with Gasteiger partial charge < -0.3 is 9.64 Å². The quantitative estimate of drug-likeness (QED) is 0.743. The van der Waals surface area contributed by atoms with Crippen LogP contribution in [-0.4, -0.2) is 60.5 Å². The zero-order valence-electron chi connectivity index (χ0n) is 13.5. The van der Waals surface area contributed by atoms with Crippen molar-refractivity contribution in [2.45, 2.75) is 58.0 Å². The predicted octanol–water partition coefficient (Wildman–Crippen LogP) is 1.66. The number of rotatable bonds is 3. The highest BCUT2D eigenvalue weighted by atomic mass is 16.5. The van der Waals surface area contributed by atoms with Gasteiger partial charge in [0.15, 0.2) is 0 Å². The second kappa shape index (κ2) is 7.25. The van der Waals surface area contributed by atoms with Gasteiger partial charge in [0.05, 0.1) is 19.6 Å². The van der Waals surface area contributed by atoms with Gasteiger partial charge in [-0.25, -0.2) is 0 Å². The Hall–Kier alpha value is -1.10. The van der Waals surface area contributed by atoms with Gasteiger partial charge >= 0.3 is 5.97 Å². The average molecular weight is 296 g/mol. The van der Waals surface area contributed by atoms with E-state index in [0.29, 0.717) is 25.2 Å². The van der Waals surface area contributed by atoms with Gasteiger partial charge in [0.25, 0.3) is 0 Å². The van der Waals surface area contributed by atoms with Crippen LogP contribution in [0.25, 0.3) is 0 Å². The number of carbonyl (C=O) groups excluding carboxylic acids is 2. The Bertz CT molecular complexity index is 376. The Labute approximate surface area is 127 Å². The fourth-order valence-corrected chi connectivity index (χ4v) is 3.74. The first-order chi connectivity index (χ1) is 10.0. The first-order valence-corrected chi connectivity index (χ1v) is 8.14. The van der Waals surface area contributed by atoms with Crippen molar-refractivity contribution in [1.82, 2.24) is 9.80 Å². The third-order valence-electron chi connectivity index (χ3n) is 4.88. The number of likely N-dealkylation sites (tertiary alicyclic amines) is 2. The molecule has 0 N–H and O–H groups in total. The third kappa shape index (κ3) is 3.96. The number of ether oxygens (including phenoxy) is 1. The molecule has 2 heterocycles. The topological polar surface area (TPSA) is 49.9 Å². The maximum absolute atomic E-state index is 12.6. The standard InChI is InChI=1S/C16H28N2O3/c1-12-6-4-7-13(2)18(12)15(19)11-17-9-5-8-14(10-17)16(20)21-3/h12-14H,4-11H2,1-3H3. The fraction of sp³-hybridized carbons (Fsp3) is 0.875. The molecule has 0 aromatic heterocycles. The van der Waals surface area contributed by atoms with E-state index in [1.54, 1.807) is 0 Å². The van der Waals surface area contributed by atoms with E-state index < -0.39 is 0 Å². The van der Waals surface area contributed by atoms with Gasteiger partial charge in [0, 0.05) is 18.6 Å². The zero-order valence-corrected chi connectivity index (χ0v) is 13.5. The molecule has 120 valence electrons. The summed E-state index contributed by atoms with van der Waals surface area (Å²) in [5.41, 5.74) is 0. The van der Waals surface area contributed by atoms with Gasteiger partial charge in [0.1, 0.15) is 0 Å². The van der Waals surface area contributed by atoms with E-state index >= 15 is 0 Å². The molecule has 2 aliphatic rings. The van der Waals surface area contributed by atoms with Gasteiger partial charge in [-0.2, -0.15) is 0 Å². The van der Waals surface area contributed by atoms with Crippen LogP contribution in [0.2, 0.25) is 0 Å². The summed E-state index contributed by atoms with van der Waals surface area (Å²) in [5, 5.41) is 0. The van der Waals surface area contributed by atoms with Crippen molar-refractivity contribution in [1.29, 1.82) is 0 Å². The molecule has 0 aromatic rings. The predicted molar refractivity (Wildman–Crippen MR) is 80.8 cm³/mol. The van der Waals surface area contributed by atoms with Crippen molar-refractivity contribution < 1.29 is 14.3 Å². The monoisotopic (exact) mass is 296 g/mol. The summed E-state index contributed by atoms with van der Waals surface area (Å²) in [6, 6.07) is 0.671. The summed E-state index contributed by atoms with van der Waals surface area (Å²) in [5.74, 6) is -0.0140. The average Bonchev–Trinajstić information content (AvgIpc) is 2.46. The van der Waals surface area contributed by atoms with Gasteiger partial charge in [-0.15, -0.1) is 0 Å². The van der Waals surface area contributed by atoms with E-state index in [9.17, 15) is 9.59 Å². The first kappa shape index (κ1) is 16.3. The fourth-order valence-electron chi connectivity index (χ4n) is 3.74. The SMILES string of the molecule is COC(=O)C1CCCN(CC(=O)N2C(C)CCCC2C)C1. The molecule has 0 saturated carbocycles. The molecule has 0 spiro atoms. The van der Waals surface area contributed by atoms with E-state index in [1.165, 1.54) is 13.5 Å². The minimum atomic E-state index is -0.146. The summed E-state index contributed by atoms with van der Waals surface area (Å²) in [4.78, 5) is 28.4. The molecule has 2 aliphatic heterocycles. The molecule has 2 fully saturated rings. The number of piperidine rings is 2. The van der Waals surface area contributed by atoms with E-state index in [0.717, 1.165) is 32.2 Å². The number of carbonyl (C=O) groups is 2. The lowest BCUT2D eigenvalue weighted by atomic mass is 9.96. The molecule has 3 atom stereocenters. The molecule has 2 saturated heterocycles. The third-order valence-corrected chi connectivity index (χ3v) is 4.88. The molecule has 21 heavy (non-hydrogen) atoms. The molecule has 0 bridgehead atoms. The van der Waals surface area contributed by atoms with Crippen molar-refractivity contribution in [3.05, 3.63) is 0 Å². The summed E-state index contributed by atoms with van der Waals surface area (Å²) in [6.45, 7) is 6.26. The van der Waals surface area contributed by atoms with E-state index in [4.69, 9.17) is 4.74 Å². The number of hydrogen-bond acceptors (Lipinski definition) is 4. The van der Waals surface area contributed by atoms with Crippen LogP contribution in [0.15, 0.2) is 0 Å². The van der Waals surface area contributed by atoms with Crippen molar-refractivity contribution in [3.63, 3.8) is 0 Å². The minimum absolute atomic E-state index is 0.0762. The van der Waals surface area contributed by atoms with E-state index in [-0.39, 0.29) is 17.8 Å². The second-order valence-corrected chi connectivity index (χ2v) is 6.53. The minimum Gasteiger partial charge on any atom is -0.469 e. The Morgan fingerprint density at radius 3 is 2.38 bits per heavy atom. The number of nitrogens with zero attached hydrogens (tertiary/aromatic N) is 2. The van der Waals surface area contributed by atoms with Crippen LogP contribution in [-0.2, 0) is 14.3 Å². The van der Waals surface area contributed by atoms with Gasteiger partial charge in [0.2, 0.25) is 5.91 Å². The van der Waals surface area contributed by atoms with Gasteiger partial charge in [-0.05, 0) is 52.5 Å². The number of amides is 1. The second-order valence-electron chi connectivity index (χ2n) is 6.53. The molecule has 2 rings (SSSR count). The van der Waals surface area contributed by atoms with Crippen LogP contribution in [0.4, 0.5) is 0 Å². The first-order valence-electron chi connectivity index (χ1n) is 8.14. The van der Waals surface area contributed by atoms with Crippen LogP contribution in [0, 0.1) is 5.92 Å².